The standard InChI is InChI=1S/C22H32N2O3/c1-14(2)7-9-22(21(26)27)13-24(10-8-20(22)25)12-19-16(4)17-11-15(3)5-6-18(17)23-19/h5-6,11,14,20,23,25H,7-10,12-13H2,1-4H3,(H,26,27)/t20-,22-/m1/s1. The Morgan fingerprint density at radius 2 is 2.11 bits per heavy atom. The Kier molecular flexibility index (Phi) is 5.63. The van der Waals surface area contributed by atoms with Crippen LogP contribution in [-0.4, -0.2) is 45.3 Å². The molecule has 1 saturated heterocycles. The molecule has 1 aliphatic heterocycles. The van der Waals surface area contributed by atoms with Gasteiger partial charge >= 0.3 is 5.97 Å². The molecule has 27 heavy (non-hydrogen) atoms. The predicted octanol–water partition coefficient (Wildman–Crippen LogP) is 3.86. The monoisotopic (exact) mass is 372 g/mol. The molecule has 0 amide bonds. The molecule has 1 fully saturated rings. The first kappa shape index (κ1) is 19.9. The van der Waals surface area contributed by atoms with E-state index >= 15 is 0 Å². The average molecular weight is 373 g/mol. The van der Waals surface area contributed by atoms with Crippen molar-refractivity contribution in [2.75, 3.05) is 13.1 Å². The molecule has 0 unspecified atom stereocenters. The summed E-state index contributed by atoms with van der Waals surface area (Å²) in [4.78, 5) is 17.8. The third-order valence-corrected chi connectivity index (χ3v) is 6.16. The summed E-state index contributed by atoms with van der Waals surface area (Å²) >= 11 is 0. The summed E-state index contributed by atoms with van der Waals surface area (Å²) in [6.45, 7) is 10.2. The highest BCUT2D eigenvalue weighted by molar-refractivity contribution is 5.85. The first-order chi connectivity index (χ1) is 12.7. The molecule has 3 rings (SSSR count). The number of hydrogen-bond acceptors (Lipinski definition) is 3. The summed E-state index contributed by atoms with van der Waals surface area (Å²) in [5.41, 5.74) is 3.64. The van der Waals surface area contributed by atoms with E-state index in [9.17, 15) is 15.0 Å². The van der Waals surface area contributed by atoms with Crippen molar-refractivity contribution in [3.63, 3.8) is 0 Å². The Labute approximate surface area is 161 Å². The third kappa shape index (κ3) is 3.90. The van der Waals surface area contributed by atoms with Crippen LogP contribution in [0.3, 0.4) is 0 Å². The number of carbonyl (C=O) groups is 1. The van der Waals surface area contributed by atoms with Gasteiger partial charge in [0.25, 0.3) is 0 Å². The van der Waals surface area contributed by atoms with Crippen LogP contribution in [0.15, 0.2) is 18.2 Å². The van der Waals surface area contributed by atoms with Gasteiger partial charge in [-0.2, -0.15) is 0 Å². The van der Waals surface area contributed by atoms with Gasteiger partial charge in [-0.25, -0.2) is 0 Å². The lowest BCUT2D eigenvalue weighted by molar-refractivity contribution is -0.165. The van der Waals surface area contributed by atoms with E-state index < -0.39 is 17.5 Å². The van der Waals surface area contributed by atoms with Gasteiger partial charge in [0.2, 0.25) is 0 Å². The van der Waals surface area contributed by atoms with Crippen LogP contribution in [0, 0.1) is 25.2 Å². The molecule has 0 saturated carbocycles. The van der Waals surface area contributed by atoms with E-state index in [0.29, 0.717) is 38.4 Å². The van der Waals surface area contributed by atoms with E-state index in [-0.39, 0.29) is 0 Å². The van der Waals surface area contributed by atoms with Crippen molar-refractivity contribution in [3.05, 3.63) is 35.0 Å². The molecule has 2 atom stereocenters. The topological polar surface area (TPSA) is 76.6 Å². The van der Waals surface area contributed by atoms with Crippen molar-refractivity contribution in [2.24, 2.45) is 11.3 Å². The quantitative estimate of drug-likeness (QED) is 0.720. The van der Waals surface area contributed by atoms with Crippen LogP contribution in [0.1, 0.15) is 49.9 Å². The van der Waals surface area contributed by atoms with Gasteiger partial charge in [0.05, 0.1) is 6.10 Å². The van der Waals surface area contributed by atoms with Gasteiger partial charge in [-0.1, -0.05) is 25.5 Å². The maximum Gasteiger partial charge on any atom is 0.313 e. The van der Waals surface area contributed by atoms with Gasteiger partial charge in [0.1, 0.15) is 5.41 Å². The molecule has 1 aromatic heterocycles. The number of nitrogens with zero attached hydrogens (tertiary/aromatic N) is 1. The molecular formula is C22H32N2O3. The molecule has 5 nitrogen and oxygen atoms in total. The molecular weight excluding hydrogens is 340 g/mol. The average Bonchev–Trinajstić information content (AvgIpc) is 2.91. The van der Waals surface area contributed by atoms with Gasteiger partial charge in [0, 0.05) is 36.2 Å². The zero-order valence-corrected chi connectivity index (χ0v) is 16.9. The number of carboxylic acids is 1. The summed E-state index contributed by atoms with van der Waals surface area (Å²) in [6.07, 6.45) is 1.05. The van der Waals surface area contributed by atoms with E-state index in [1.165, 1.54) is 16.5 Å². The van der Waals surface area contributed by atoms with E-state index in [0.717, 1.165) is 17.6 Å². The molecule has 0 aliphatic carbocycles. The van der Waals surface area contributed by atoms with Crippen LogP contribution >= 0.6 is 0 Å². The van der Waals surface area contributed by atoms with Crippen molar-refractivity contribution in [1.82, 2.24) is 9.88 Å². The number of aromatic nitrogens is 1. The van der Waals surface area contributed by atoms with Crippen LogP contribution in [0.5, 0.6) is 0 Å². The number of aliphatic hydroxyl groups excluding tert-OH is 1. The maximum atomic E-state index is 12.1. The zero-order valence-electron chi connectivity index (χ0n) is 16.9. The second-order valence-electron chi connectivity index (χ2n) is 8.69. The van der Waals surface area contributed by atoms with Gasteiger partial charge in [-0.15, -0.1) is 0 Å². The van der Waals surface area contributed by atoms with Crippen molar-refractivity contribution in [2.45, 2.75) is 59.6 Å². The lowest BCUT2D eigenvalue weighted by atomic mass is 9.72. The van der Waals surface area contributed by atoms with E-state index in [4.69, 9.17) is 0 Å². The number of aryl methyl sites for hydroxylation is 2. The van der Waals surface area contributed by atoms with E-state index in [2.05, 4.69) is 55.8 Å². The Balaban J connectivity index is 1.83. The van der Waals surface area contributed by atoms with Crippen LogP contribution < -0.4 is 0 Å². The number of fused-ring (bicyclic) bond motifs is 1. The third-order valence-electron chi connectivity index (χ3n) is 6.16. The van der Waals surface area contributed by atoms with Crippen LogP contribution in [0.25, 0.3) is 10.9 Å². The normalized spacial score (nSPS) is 24.0. The Morgan fingerprint density at radius 1 is 1.37 bits per heavy atom. The maximum absolute atomic E-state index is 12.1. The molecule has 1 aliphatic rings. The van der Waals surface area contributed by atoms with Crippen LogP contribution in [0.4, 0.5) is 0 Å². The number of carboxylic acid groups (broad SMARTS) is 1. The fourth-order valence-electron chi connectivity index (χ4n) is 4.29. The lowest BCUT2D eigenvalue weighted by Gasteiger charge is -2.43. The SMILES string of the molecule is Cc1ccc2[nH]c(CN3CC[C@@H](O)[C@](CCC(C)C)(C(=O)O)C3)c(C)c2c1. The first-order valence-corrected chi connectivity index (χ1v) is 9.94. The molecule has 2 aromatic rings. The molecule has 1 aromatic carbocycles. The summed E-state index contributed by atoms with van der Waals surface area (Å²) in [7, 11) is 0. The molecule has 3 N–H and O–H groups in total. The van der Waals surface area contributed by atoms with Crippen LogP contribution in [-0.2, 0) is 11.3 Å². The number of rotatable bonds is 6. The highest BCUT2D eigenvalue weighted by atomic mass is 16.4. The largest absolute Gasteiger partial charge is 0.481 e. The number of benzene rings is 1. The number of aromatic amines is 1. The molecule has 2 heterocycles. The fourth-order valence-corrected chi connectivity index (χ4v) is 4.29. The zero-order chi connectivity index (χ0) is 19.8. The number of hydrogen-bond donors (Lipinski definition) is 3. The smallest absolute Gasteiger partial charge is 0.313 e. The van der Waals surface area contributed by atoms with E-state index in [1.54, 1.807) is 0 Å². The number of H-pyrrole nitrogens is 1. The Bertz CT molecular complexity index is 826. The molecule has 148 valence electrons. The second-order valence-corrected chi connectivity index (χ2v) is 8.69. The minimum Gasteiger partial charge on any atom is -0.481 e. The van der Waals surface area contributed by atoms with Crippen molar-refractivity contribution in [3.8, 4) is 0 Å². The van der Waals surface area contributed by atoms with Gasteiger partial charge in [-0.05, 0) is 56.7 Å². The van der Waals surface area contributed by atoms with Gasteiger partial charge in [0.15, 0.2) is 0 Å². The Morgan fingerprint density at radius 3 is 2.78 bits per heavy atom. The highest BCUT2D eigenvalue weighted by Gasteiger charge is 2.48. The lowest BCUT2D eigenvalue weighted by Crippen LogP contribution is -2.55. The fraction of sp³-hybridized carbons (Fsp3) is 0.591. The van der Waals surface area contributed by atoms with Crippen molar-refractivity contribution in [1.29, 1.82) is 0 Å². The van der Waals surface area contributed by atoms with Crippen molar-refractivity contribution >= 4 is 16.9 Å². The number of likely N-dealkylation sites (tertiary alicyclic amines) is 1. The molecule has 5 heteroatoms. The first-order valence-electron chi connectivity index (χ1n) is 9.94. The minimum atomic E-state index is -1.07. The molecule has 0 bridgehead atoms. The van der Waals surface area contributed by atoms with E-state index in [1.807, 2.05) is 0 Å². The predicted molar refractivity (Wildman–Crippen MR) is 108 cm³/mol. The number of aliphatic carboxylic acids is 1. The summed E-state index contributed by atoms with van der Waals surface area (Å²) in [5.74, 6) is -0.452. The molecule has 0 radical (unpaired) electrons. The van der Waals surface area contributed by atoms with Gasteiger partial charge < -0.3 is 15.2 Å². The van der Waals surface area contributed by atoms with Crippen LogP contribution in [0.2, 0.25) is 0 Å². The summed E-state index contributed by atoms with van der Waals surface area (Å²) in [5, 5.41) is 21.8. The minimum absolute atomic E-state index is 0.393. The Hall–Kier alpha value is -1.85. The second kappa shape index (κ2) is 7.64. The molecule has 0 spiro atoms. The number of nitrogens with one attached hydrogen (secondary N) is 1. The van der Waals surface area contributed by atoms with Crippen molar-refractivity contribution < 1.29 is 15.0 Å². The summed E-state index contributed by atoms with van der Waals surface area (Å²) in [6, 6.07) is 6.39. The summed E-state index contributed by atoms with van der Waals surface area (Å²) < 4.78 is 0. The highest BCUT2D eigenvalue weighted by Crippen LogP contribution is 2.37. The van der Waals surface area contributed by atoms with Gasteiger partial charge in [-0.3, -0.25) is 9.69 Å². The number of piperidine rings is 1. The number of aliphatic hydroxyl groups is 1.